The lowest BCUT2D eigenvalue weighted by atomic mass is 10.2. The molecule has 0 bridgehead atoms. The largest absolute Gasteiger partial charge is 0.399 e. The van der Waals surface area contributed by atoms with E-state index in [-0.39, 0.29) is 0 Å². The van der Waals surface area contributed by atoms with Gasteiger partial charge < -0.3 is 0 Å². The van der Waals surface area contributed by atoms with Crippen LogP contribution in [0, 0.1) is 5.92 Å². The van der Waals surface area contributed by atoms with Crippen LogP contribution in [0.5, 0.6) is 0 Å². The molecule has 1 rings (SSSR count). The van der Waals surface area contributed by atoms with Gasteiger partial charge in [0.25, 0.3) is 0 Å². The molecule has 0 heterocycles. The van der Waals surface area contributed by atoms with Crippen LogP contribution in [0.1, 0.15) is 6.92 Å². The summed E-state index contributed by atoms with van der Waals surface area (Å²) < 4.78 is 36.5. The van der Waals surface area contributed by atoms with Gasteiger partial charge in [-0.25, -0.2) is 0 Å². The molecule has 1 atom stereocenters. The van der Waals surface area contributed by atoms with Crippen molar-refractivity contribution in [2.45, 2.75) is 18.0 Å². The SMILES string of the molecule is CC(C(=O)Sc1ccccc1)C(F)(F)F. The highest BCUT2D eigenvalue weighted by Crippen LogP contribution is 2.32. The predicted octanol–water partition coefficient (Wildman–Crippen LogP) is 3.50. The Labute approximate surface area is 89.7 Å². The van der Waals surface area contributed by atoms with Gasteiger partial charge in [0.2, 0.25) is 5.12 Å². The quantitative estimate of drug-likeness (QED) is 0.728. The Bertz CT molecular complexity index is 334. The molecular weight excluding hydrogens is 225 g/mol. The van der Waals surface area contributed by atoms with Gasteiger partial charge in [-0.1, -0.05) is 30.0 Å². The van der Waals surface area contributed by atoms with Gasteiger partial charge in [-0.15, -0.1) is 0 Å². The van der Waals surface area contributed by atoms with Crippen LogP contribution in [0.25, 0.3) is 0 Å². The van der Waals surface area contributed by atoms with Crippen LogP contribution >= 0.6 is 11.8 Å². The van der Waals surface area contributed by atoms with Crippen LogP contribution in [-0.2, 0) is 4.79 Å². The van der Waals surface area contributed by atoms with E-state index in [0.29, 0.717) is 16.7 Å². The van der Waals surface area contributed by atoms with Crippen molar-refractivity contribution in [2.75, 3.05) is 0 Å². The lowest BCUT2D eigenvalue weighted by Gasteiger charge is -2.13. The number of hydrogen-bond acceptors (Lipinski definition) is 2. The van der Waals surface area contributed by atoms with Crippen LogP contribution < -0.4 is 0 Å². The number of benzene rings is 1. The maximum Gasteiger partial charge on any atom is 0.399 e. The molecule has 1 aromatic rings. The van der Waals surface area contributed by atoms with E-state index in [0.717, 1.165) is 6.92 Å². The number of rotatable bonds is 2. The molecule has 0 fully saturated rings. The van der Waals surface area contributed by atoms with Gasteiger partial charge >= 0.3 is 6.18 Å². The Balaban J connectivity index is 2.65. The molecule has 0 amide bonds. The molecule has 1 aromatic carbocycles. The van der Waals surface area contributed by atoms with Gasteiger partial charge in [0, 0.05) is 4.90 Å². The highest BCUT2D eigenvalue weighted by Gasteiger charge is 2.41. The van der Waals surface area contributed by atoms with E-state index < -0.39 is 17.2 Å². The zero-order valence-corrected chi connectivity index (χ0v) is 8.73. The molecule has 1 nitrogen and oxygen atoms in total. The molecule has 0 aliphatic carbocycles. The van der Waals surface area contributed by atoms with Gasteiger partial charge in [0.1, 0.15) is 5.92 Å². The van der Waals surface area contributed by atoms with Gasteiger partial charge in [0.05, 0.1) is 0 Å². The van der Waals surface area contributed by atoms with Crippen molar-refractivity contribution in [2.24, 2.45) is 5.92 Å². The third-order valence-corrected chi connectivity index (χ3v) is 2.87. The Morgan fingerprint density at radius 2 is 1.80 bits per heavy atom. The lowest BCUT2D eigenvalue weighted by Crippen LogP contribution is -2.25. The van der Waals surface area contributed by atoms with Crippen LogP contribution in [-0.4, -0.2) is 11.3 Å². The third-order valence-electron chi connectivity index (χ3n) is 1.81. The summed E-state index contributed by atoms with van der Waals surface area (Å²) >= 11 is 0.620. The standard InChI is InChI=1S/C10H9F3OS/c1-7(10(11,12)13)9(14)15-8-5-3-2-4-6-8/h2-7H,1H3. The molecule has 0 radical (unpaired) electrons. The molecule has 0 aliphatic heterocycles. The average molecular weight is 234 g/mol. The number of carbonyl (C=O) groups is 1. The Hall–Kier alpha value is -0.970. The van der Waals surface area contributed by atoms with Gasteiger partial charge in [-0.3, -0.25) is 4.79 Å². The maximum atomic E-state index is 12.2. The molecular formula is C10H9F3OS. The predicted molar refractivity (Wildman–Crippen MR) is 52.5 cm³/mol. The molecule has 0 N–H and O–H groups in total. The molecule has 0 aliphatic rings. The summed E-state index contributed by atoms with van der Waals surface area (Å²) in [4.78, 5) is 11.7. The van der Waals surface area contributed by atoms with Crippen LogP contribution in [0.3, 0.4) is 0 Å². The minimum Gasteiger partial charge on any atom is -0.286 e. The average Bonchev–Trinajstić information content (AvgIpc) is 2.16. The molecule has 15 heavy (non-hydrogen) atoms. The van der Waals surface area contributed by atoms with Crippen molar-refractivity contribution in [3.05, 3.63) is 30.3 Å². The fourth-order valence-electron chi connectivity index (χ4n) is 0.827. The maximum absolute atomic E-state index is 12.2. The summed E-state index contributed by atoms with van der Waals surface area (Å²) in [6.07, 6.45) is -4.46. The number of carbonyl (C=O) groups excluding carboxylic acids is 1. The van der Waals surface area contributed by atoms with Crippen molar-refractivity contribution < 1.29 is 18.0 Å². The van der Waals surface area contributed by atoms with Crippen LogP contribution in [0.15, 0.2) is 35.2 Å². The second-order valence-corrected chi connectivity index (χ2v) is 4.08. The summed E-state index contributed by atoms with van der Waals surface area (Å²) in [5.74, 6) is -1.93. The van der Waals surface area contributed by atoms with Crippen molar-refractivity contribution in [3.8, 4) is 0 Å². The van der Waals surface area contributed by atoms with E-state index >= 15 is 0 Å². The Morgan fingerprint density at radius 1 is 1.27 bits per heavy atom. The Kier molecular flexibility index (Phi) is 3.79. The minimum atomic E-state index is -4.46. The van der Waals surface area contributed by atoms with Crippen molar-refractivity contribution in [3.63, 3.8) is 0 Å². The molecule has 0 saturated heterocycles. The molecule has 0 saturated carbocycles. The van der Waals surface area contributed by atoms with E-state index in [4.69, 9.17) is 0 Å². The molecule has 1 unspecified atom stereocenters. The second kappa shape index (κ2) is 4.70. The molecule has 5 heteroatoms. The molecule has 82 valence electrons. The summed E-state index contributed by atoms with van der Waals surface area (Å²) in [6, 6.07) is 8.29. The minimum absolute atomic E-state index is 0.526. The lowest BCUT2D eigenvalue weighted by molar-refractivity contribution is -0.172. The first-order valence-corrected chi connectivity index (χ1v) is 5.06. The molecule has 0 aromatic heterocycles. The summed E-state index contributed by atoms with van der Waals surface area (Å²) in [7, 11) is 0. The highest BCUT2D eigenvalue weighted by atomic mass is 32.2. The highest BCUT2D eigenvalue weighted by molar-refractivity contribution is 8.13. The summed E-state index contributed by atoms with van der Waals surface area (Å²) in [5, 5.41) is -0.881. The smallest absolute Gasteiger partial charge is 0.286 e. The number of alkyl halides is 3. The van der Waals surface area contributed by atoms with Crippen LogP contribution in [0.4, 0.5) is 13.2 Å². The summed E-state index contributed by atoms with van der Waals surface area (Å²) in [6.45, 7) is 0.873. The van der Waals surface area contributed by atoms with Gasteiger partial charge in [-0.2, -0.15) is 13.2 Å². The van der Waals surface area contributed by atoms with E-state index in [2.05, 4.69) is 0 Å². The monoisotopic (exact) mass is 234 g/mol. The van der Waals surface area contributed by atoms with E-state index in [1.165, 1.54) is 0 Å². The van der Waals surface area contributed by atoms with Gasteiger partial charge in [0.15, 0.2) is 0 Å². The fourth-order valence-corrected chi connectivity index (χ4v) is 1.66. The zero-order chi connectivity index (χ0) is 11.5. The van der Waals surface area contributed by atoms with Crippen LogP contribution in [0.2, 0.25) is 0 Å². The number of thioether (sulfide) groups is 1. The summed E-state index contributed by atoms with van der Waals surface area (Å²) in [5.41, 5.74) is 0. The van der Waals surface area contributed by atoms with Crippen molar-refractivity contribution in [1.82, 2.24) is 0 Å². The second-order valence-electron chi connectivity index (χ2n) is 3.00. The van der Waals surface area contributed by atoms with E-state index in [1.54, 1.807) is 30.3 Å². The van der Waals surface area contributed by atoms with Crippen molar-refractivity contribution >= 4 is 16.9 Å². The van der Waals surface area contributed by atoms with E-state index in [9.17, 15) is 18.0 Å². The topological polar surface area (TPSA) is 17.1 Å². The third kappa shape index (κ3) is 3.58. The van der Waals surface area contributed by atoms with E-state index in [1.807, 2.05) is 0 Å². The zero-order valence-electron chi connectivity index (χ0n) is 7.91. The first-order valence-electron chi connectivity index (χ1n) is 4.24. The fraction of sp³-hybridized carbons (Fsp3) is 0.300. The first kappa shape index (κ1) is 12.1. The number of halogens is 3. The normalized spacial score (nSPS) is 13.6. The Morgan fingerprint density at radius 3 is 2.27 bits per heavy atom. The van der Waals surface area contributed by atoms with Gasteiger partial charge in [-0.05, 0) is 19.1 Å². The van der Waals surface area contributed by atoms with Crippen molar-refractivity contribution in [1.29, 1.82) is 0 Å². The number of hydrogen-bond donors (Lipinski definition) is 0. The first-order chi connectivity index (χ1) is 6.91. The molecule has 0 spiro atoms.